The second-order valence-corrected chi connectivity index (χ2v) is 5.32. The summed E-state index contributed by atoms with van der Waals surface area (Å²) in [7, 11) is 0. The number of benzene rings is 2. The molecule has 0 spiro atoms. The third kappa shape index (κ3) is 3.02. The summed E-state index contributed by atoms with van der Waals surface area (Å²) >= 11 is 11.8. The van der Waals surface area contributed by atoms with Gasteiger partial charge >= 0.3 is 0 Å². The molecule has 0 amide bonds. The van der Waals surface area contributed by atoms with Crippen LogP contribution in [0.5, 0.6) is 17.2 Å². The van der Waals surface area contributed by atoms with E-state index in [2.05, 4.69) is 0 Å². The van der Waals surface area contributed by atoms with E-state index in [4.69, 9.17) is 37.4 Å². The highest BCUT2D eigenvalue weighted by Crippen LogP contribution is 2.38. The molecule has 1 N–H and O–H groups in total. The fourth-order valence-electron chi connectivity index (χ4n) is 2.01. The van der Waals surface area contributed by atoms with Crippen molar-refractivity contribution in [2.45, 2.75) is 13.2 Å². The Bertz CT molecular complexity index is 673. The van der Waals surface area contributed by atoms with E-state index < -0.39 is 0 Å². The fourth-order valence-corrected chi connectivity index (χ4v) is 2.33. The maximum absolute atomic E-state index is 9.41. The minimum Gasteiger partial charge on any atom is -0.488 e. The zero-order chi connectivity index (χ0) is 14.8. The highest BCUT2D eigenvalue weighted by atomic mass is 35.5. The minimum atomic E-state index is -0.145. The van der Waals surface area contributed by atoms with Crippen LogP contribution < -0.4 is 14.2 Å². The zero-order valence-corrected chi connectivity index (χ0v) is 12.4. The standard InChI is InChI=1S/C15H12Cl2O4/c16-11-2-1-9(3-12(11)17)7-19-13-5-15-14(20-8-21-15)4-10(13)6-18/h1-5,18H,6-8H2. The van der Waals surface area contributed by atoms with Crippen molar-refractivity contribution in [1.82, 2.24) is 0 Å². The highest BCUT2D eigenvalue weighted by Gasteiger charge is 2.17. The zero-order valence-electron chi connectivity index (χ0n) is 10.9. The predicted molar refractivity (Wildman–Crippen MR) is 79.3 cm³/mol. The average Bonchev–Trinajstić information content (AvgIpc) is 2.94. The van der Waals surface area contributed by atoms with Gasteiger partial charge in [0.1, 0.15) is 12.4 Å². The van der Waals surface area contributed by atoms with Crippen LogP contribution in [0, 0.1) is 0 Å². The Morgan fingerprint density at radius 3 is 2.52 bits per heavy atom. The van der Waals surface area contributed by atoms with Gasteiger partial charge in [-0.1, -0.05) is 29.3 Å². The molecule has 0 saturated carbocycles. The molecule has 1 heterocycles. The lowest BCUT2D eigenvalue weighted by Gasteiger charge is -2.11. The van der Waals surface area contributed by atoms with Crippen LogP contribution in [0.1, 0.15) is 11.1 Å². The molecule has 0 saturated heterocycles. The van der Waals surface area contributed by atoms with E-state index in [-0.39, 0.29) is 13.4 Å². The average molecular weight is 327 g/mol. The summed E-state index contributed by atoms with van der Waals surface area (Å²) in [4.78, 5) is 0. The maximum Gasteiger partial charge on any atom is 0.231 e. The second kappa shape index (κ2) is 6.02. The van der Waals surface area contributed by atoms with Crippen LogP contribution in [0.2, 0.25) is 10.0 Å². The number of aliphatic hydroxyl groups excluding tert-OH is 1. The largest absolute Gasteiger partial charge is 0.488 e. The molecule has 21 heavy (non-hydrogen) atoms. The lowest BCUT2D eigenvalue weighted by molar-refractivity contribution is 0.173. The van der Waals surface area contributed by atoms with Crippen LogP contribution in [0.3, 0.4) is 0 Å². The van der Waals surface area contributed by atoms with Gasteiger partial charge in [-0.3, -0.25) is 0 Å². The van der Waals surface area contributed by atoms with Gasteiger partial charge in [0.25, 0.3) is 0 Å². The third-order valence-corrected chi connectivity index (χ3v) is 3.84. The SMILES string of the molecule is OCc1cc2c(cc1OCc1ccc(Cl)c(Cl)c1)OCO2. The molecular formula is C15H12Cl2O4. The second-order valence-electron chi connectivity index (χ2n) is 4.51. The fraction of sp³-hybridized carbons (Fsp3) is 0.200. The van der Waals surface area contributed by atoms with Crippen LogP contribution >= 0.6 is 23.2 Å². The molecule has 4 nitrogen and oxygen atoms in total. The summed E-state index contributed by atoms with van der Waals surface area (Å²) in [6.07, 6.45) is 0. The molecule has 0 aliphatic carbocycles. The van der Waals surface area contributed by atoms with Gasteiger partial charge in [-0.05, 0) is 23.8 Å². The van der Waals surface area contributed by atoms with Crippen molar-refractivity contribution in [1.29, 1.82) is 0 Å². The molecule has 0 bridgehead atoms. The number of hydrogen-bond acceptors (Lipinski definition) is 4. The monoisotopic (exact) mass is 326 g/mol. The third-order valence-electron chi connectivity index (χ3n) is 3.10. The number of aliphatic hydroxyl groups is 1. The maximum atomic E-state index is 9.41. The number of hydrogen-bond donors (Lipinski definition) is 1. The van der Waals surface area contributed by atoms with E-state index in [9.17, 15) is 5.11 Å². The first-order valence-electron chi connectivity index (χ1n) is 6.27. The van der Waals surface area contributed by atoms with Crippen molar-refractivity contribution in [2.75, 3.05) is 6.79 Å². The first kappa shape index (κ1) is 14.3. The molecule has 2 aromatic carbocycles. The Kier molecular flexibility index (Phi) is 4.10. The first-order chi connectivity index (χ1) is 10.2. The van der Waals surface area contributed by atoms with Crippen LogP contribution in [0.25, 0.3) is 0 Å². The molecule has 0 fully saturated rings. The topological polar surface area (TPSA) is 47.9 Å². The highest BCUT2D eigenvalue weighted by molar-refractivity contribution is 6.42. The summed E-state index contributed by atoms with van der Waals surface area (Å²) in [6.45, 7) is 0.341. The number of halogens is 2. The van der Waals surface area contributed by atoms with Gasteiger partial charge in [0.2, 0.25) is 6.79 Å². The minimum absolute atomic E-state index is 0.145. The van der Waals surface area contributed by atoms with Crippen LogP contribution in [-0.2, 0) is 13.2 Å². The van der Waals surface area contributed by atoms with Gasteiger partial charge in [0, 0.05) is 11.6 Å². The molecule has 0 unspecified atom stereocenters. The van der Waals surface area contributed by atoms with Crippen molar-refractivity contribution in [3.63, 3.8) is 0 Å². The van der Waals surface area contributed by atoms with E-state index in [1.54, 1.807) is 24.3 Å². The molecule has 0 atom stereocenters. The normalized spacial score (nSPS) is 12.5. The number of fused-ring (bicyclic) bond motifs is 1. The summed E-state index contributed by atoms with van der Waals surface area (Å²) in [5.41, 5.74) is 1.52. The van der Waals surface area contributed by atoms with Crippen molar-refractivity contribution in [2.24, 2.45) is 0 Å². The molecule has 110 valence electrons. The molecule has 6 heteroatoms. The van der Waals surface area contributed by atoms with Gasteiger partial charge in [-0.15, -0.1) is 0 Å². The molecule has 3 rings (SSSR count). The van der Waals surface area contributed by atoms with Gasteiger partial charge in [-0.25, -0.2) is 0 Å². The molecule has 2 aromatic rings. The van der Waals surface area contributed by atoms with E-state index in [0.29, 0.717) is 39.5 Å². The Labute approximate surface area is 131 Å². The van der Waals surface area contributed by atoms with Gasteiger partial charge in [-0.2, -0.15) is 0 Å². The van der Waals surface area contributed by atoms with Crippen molar-refractivity contribution >= 4 is 23.2 Å². The summed E-state index contributed by atoms with van der Waals surface area (Å²) in [6, 6.07) is 8.72. The van der Waals surface area contributed by atoms with Crippen molar-refractivity contribution < 1.29 is 19.3 Å². The molecule has 0 radical (unpaired) electrons. The van der Waals surface area contributed by atoms with Crippen LogP contribution in [-0.4, -0.2) is 11.9 Å². The summed E-state index contributed by atoms with van der Waals surface area (Å²) in [5.74, 6) is 1.77. The molecular weight excluding hydrogens is 315 g/mol. The van der Waals surface area contributed by atoms with E-state index in [1.807, 2.05) is 6.07 Å². The van der Waals surface area contributed by atoms with Crippen molar-refractivity contribution in [3.05, 3.63) is 51.5 Å². The molecule has 1 aliphatic heterocycles. The van der Waals surface area contributed by atoms with Crippen LogP contribution in [0.15, 0.2) is 30.3 Å². The van der Waals surface area contributed by atoms with Crippen LogP contribution in [0.4, 0.5) is 0 Å². The van der Waals surface area contributed by atoms with Gasteiger partial charge < -0.3 is 19.3 Å². The Hall–Kier alpha value is -1.62. The Balaban J connectivity index is 1.79. The molecule has 1 aliphatic rings. The Morgan fingerprint density at radius 1 is 1.05 bits per heavy atom. The Morgan fingerprint density at radius 2 is 1.81 bits per heavy atom. The smallest absolute Gasteiger partial charge is 0.231 e. The summed E-state index contributed by atoms with van der Waals surface area (Å²) < 4.78 is 16.3. The van der Waals surface area contributed by atoms with E-state index in [0.717, 1.165) is 5.56 Å². The number of ether oxygens (including phenoxy) is 3. The predicted octanol–water partition coefficient (Wildman–Crippen LogP) is 3.79. The number of rotatable bonds is 4. The van der Waals surface area contributed by atoms with Crippen molar-refractivity contribution in [3.8, 4) is 17.2 Å². The van der Waals surface area contributed by atoms with E-state index in [1.165, 1.54) is 0 Å². The molecule has 0 aromatic heterocycles. The quantitative estimate of drug-likeness (QED) is 0.928. The van der Waals surface area contributed by atoms with Gasteiger partial charge in [0.05, 0.1) is 16.7 Å². The summed E-state index contributed by atoms with van der Waals surface area (Å²) in [5, 5.41) is 10.4. The lowest BCUT2D eigenvalue weighted by atomic mass is 10.2. The lowest BCUT2D eigenvalue weighted by Crippen LogP contribution is -1.99. The van der Waals surface area contributed by atoms with Gasteiger partial charge in [0.15, 0.2) is 11.5 Å². The van der Waals surface area contributed by atoms with E-state index >= 15 is 0 Å². The first-order valence-corrected chi connectivity index (χ1v) is 7.03.